The summed E-state index contributed by atoms with van der Waals surface area (Å²) in [5, 5.41) is 3.18. The Morgan fingerprint density at radius 3 is 2.46 bits per heavy atom. The van der Waals surface area contributed by atoms with Gasteiger partial charge in [-0.05, 0) is 33.1 Å². The molecule has 2 heterocycles. The van der Waals surface area contributed by atoms with Crippen LogP contribution in [-0.4, -0.2) is 70.0 Å². The molecule has 2 aliphatic rings. The van der Waals surface area contributed by atoms with Crippen LogP contribution >= 0.6 is 24.0 Å². The molecular weight excluding hydrogens is 467 g/mol. The Labute approximate surface area is 175 Å². The van der Waals surface area contributed by atoms with E-state index in [1.807, 2.05) is 0 Å². The molecule has 0 aromatic carbocycles. The van der Waals surface area contributed by atoms with Crippen LogP contribution in [-0.2, 0) is 14.8 Å². The van der Waals surface area contributed by atoms with Gasteiger partial charge in [-0.15, -0.1) is 24.0 Å². The summed E-state index contributed by atoms with van der Waals surface area (Å²) >= 11 is 0. The fourth-order valence-corrected chi connectivity index (χ4v) is 4.21. The maximum atomic E-state index is 12.2. The summed E-state index contributed by atoms with van der Waals surface area (Å²) in [5.41, 5.74) is 0.197. The molecule has 0 aromatic heterocycles. The fourth-order valence-electron chi connectivity index (χ4n) is 3.25. The van der Waals surface area contributed by atoms with Crippen LogP contribution < -0.4 is 10.0 Å². The van der Waals surface area contributed by atoms with Crippen LogP contribution in [0.15, 0.2) is 4.99 Å². The molecule has 7 nitrogen and oxygen atoms in total. The first kappa shape index (κ1) is 23.9. The molecule has 2 rings (SSSR count). The number of sulfonamides is 1. The minimum absolute atomic E-state index is 0. The van der Waals surface area contributed by atoms with Crippen LogP contribution in [0.1, 0.15) is 47.0 Å². The van der Waals surface area contributed by atoms with Crippen molar-refractivity contribution in [2.24, 2.45) is 10.4 Å². The largest absolute Gasteiger partial charge is 0.377 e. The van der Waals surface area contributed by atoms with Gasteiger partial charge in [0.05, 0.1) is 11.9 Å². The highest BCUT2D eigenvalue weighted by atomic mass is 127. The highest BCUT2D eigenvalue weighted by Gasteiger charge is 2.53. The van der Waals surface area contributed by atoms with Crippen LogP contribution in [0.2, 0.25) is 0 Å². The van der Waals surface area contributed by atoms with Gasteiger partial charge in [0.15, 0.2) is 5.96 Å². The Kier molecular flexibility index (Phi) is 8.62. The third kappa shape index (κ3) is 5.68. The SMILES string of the molecule is CN=C(NCCS(=O)(=O)NCC1CCCCO1)N1CC(C)(C)C1(C)C.I. The highest BCUT2D eigenvalue weighted by Crippen LogP contribution is 2.46. The molecule has 26 heavy (non-hydrogen) atoms. The highest BCUT2D eigenvalue weighted by molar-refractivity contribution is 14.0. The summed E-state index contributed by atoms with van der Waals surface area (Å²) in [6, 6.07) is 0. The molecule has 0 aliphatic carbocycles. The van der Waals surface area contributed by atoms with Crippen LogP contribution in [0.4, 0.5) is 0 Å². The van der Waals surface area contributed by atoms with Crippen LogP contribution in [0.3, 0.4) is 0 Å². The number of rotatable bonds is 6. The molecule has 0 amide bonds. The number of guanidine groups is 1. The van der Waals surface area contributed by atoms with E-state index < -0.39 is 10.0 Å². The summed E-state index contributed by atoms with van der Waals surface area (Å²) < 4.78 is 32.6. The number of nitrogens with zero attached hydrogens (tertiary/aromatic N) is 2. The predicted octanol–water partition coefficient (Wildman–Crippen LogP) is 1.79. The van der Waals surface area contributed by atoms with Crippen molar-refractivity contribution < 1.29 is 13.2 Å². The van der Waals surface area contributed by atoms with Crippen molar-refractivity contribution in [3.05, 3.63) is 0 Å². The van der Waals surface area contributed by atoms with Gasteiger partial charge in [0.1, 0.15) is 0 Å². The molecule has 0 radical (unpaired) electrons. The van der Waals surface area contributed by atoms with E-state index in [4.69, 9.17) is 4.74 Å². The van der Waals surface area contributed by atoms with E-state index in [-0.39, 0.29) is 46.8 Å². The van der Waals surface area contributed by atoms with Crippen molar-refractivity contribution in [1.82, 2.24) is 14.9 Å². The Bertz CT molecular complexity index is 587. The van der Waals surface area contributed by atoms with Crippen molar-refractivity contribution in [2.45, 2.75) is 58.6 Å². The molecule has 1 atom stereocenters. The zero-order valence-electron chi connectivity index (χ0n) is 16.7. The molecule has 0 bridgehead atoms. The van der Waals surface area contributed by atoms with E-state index in [2.05, 4.69) is 47.6 Å². The van der Waals surface area contributed by atoms with Crippen LogP contribution in [0.25, 0.3) is 0 Å². The second-order valence-electron chi connectivity index (χ2n) is 8.16. The number of likely N-dealkylation sites (tertiary alicyclic amines) is 1. The Hall–Kier alpha value is -0.130. The van der Waals surface area contributed by atoms with Gasteiger partial charge in [0.2, 0.25) is 10.0 Å². The average molecular weight is 502 g/mol. The van der Waals surface area contributed by atoms with Gasteiger partial charge in [-0.1, -0.05) is 13.8 Å². The first-order valence-electron chi connectivity index (χ1n) is 9.16. The lowest BCUT2D eigenvalue weighted by Crippen LogP contribution is -2.72. The van der Waals surface area contributed by atoms with E-state index in [1.54, 1.807) is 7.05 Å². The van der Waals surface area contributed by atoms with Gasteiger partial charge in [-0.25, -0.2) is 13.1 Å². The van der Waals surface area contributed by atoms with E-state index in [0.29, 0.717) is 13.1 Å². The summed E-state index contributed by atoms with van der Waals surface area (Å²) in [6.07, 6.45) is 3.10. The van der Waals surface area contributed by atoms with Crippen molar-refractivity contribution in [2.75, 3.05) is 39.0 Å². The maximum Gasteiger partial charge on any atom is 0.213 e. The molecule has 2 aliphatic heterocycles. The number of hydrogen-bond acceptors (Lipinski definition) is 4. The zero-order valence-corrected chi connectivity index (χ0v) is 19.8. The van der Waals surface area contributed by atoms with Crippen molar-refractivity contribution >= 4 is 40.0 Å². The Balaban J connectivity index is 0.00000338. The van der Waals surface area contributed by atoms with E-state index in [0.717, 1.165) is 38.4 Å². The molecule has 154 valence electrons. The quantitative estimate of drug-likeness (QED) is 0.329. The van der Waals surface area contributed by atoms with Crippen molar-refractivity contribution in [3.8, 4) is 0 Å². The number of hydrogen-bond donors (Lipinski definition) is 2. The van der Waals surface area contributed by atoms with Gasteiger partial charge in [-0.2, -0.15) is 0 Å². The third-order valence-electron chi connectivity index (χ3n) is 5.81. The minimum atomic E-state index is -3.32. The number of nitrogens with one attached hydrogen (secondary N) is 2. The number of aliphatic imine (C=N–C) groups is 1. The number of halogens is 1. The normalized spacial score (nSPS) is 25.2. The van der Waals surface area contributed by atoms with Gasteiger partial charge in [0, 0.05) is 44.2 Å². The predicted molar refractivity (Wildman–Crippen MR) is 117 cm³/mol. The maximum absolute atomic E-state index is 12.2. The minimum Gasteiger partial charge on any atom is -0.377 e. The van der Waals surface area contributed by atoms with Crippen LogP contribution in [0, 0.1) is 5.41 Å². The van der Waals surface area contributed by atoms with Gasteiger partial charge < -0.3 is 15.0 Å². The molecular formula is C17H35IN4O3S. The average Bonchev–Trinajstić information content (AvgIpc) is 2.56. The Morgan fingerprint density at radius 2 is 1.96 bits per heavy atom. The van der Waals surface area contributed by atoms with E-state index in [1.165, 1.54) is 0 Å². The third-order valence-corrected chi connectivity index (χ3v) is 7.16. The van der Waals surface area contributed by atoms with E-state index >= 15 is 0 Å². The second kappa shape index (κ2) is 9.38. The first-order valence-corrected chi connectivity index (χ1v) is 10.8. The lowest BCUT2D eigenvalue weighted by molar-refractivity contribution is -0.0666. The van der Waals surface area contributed by atoms with Crippen LogP contribution in [0.5, 0.6) is 0 Å². The summed E-state index contributed by atoms with van der Waals surface area (Å²) in [6.45, 7) is 11.2. The lowest BCUT2D eigenvalue weighted by Gasteiger charge is -2.62. The molecule has 0 spiro atoms. The molecule has 2 N–H and O–H groups in total. The van der Waals surface area contributed by atoms with Crippen molar-refractivity contribution in [1.29, 1.82) is 0 Å². The van der Waals surface area contributed by atoms with Gasteiger partial charge in [0.25, 0.3) is 0 Å². The summed E-state index contributed by atoms with van der Waals surface area (Å²) in [7, 11) is -1.58. The number of ether oxygens (including phenoxy) is 1. The first-order chi connectivity index (χ1) is 11.6. The summed E-state index contributed by atoms with van der Waals surface area (Å²) in [5.74, 6) is 0.784. The molecule has 0 saturated carbocycles. The molecule has 2 saturated heterocycles. The molecule has 1 unspecified atom stereocenters. The molecule has 9 heteroatoms. The van der Waals surface area contributed by atoms with Crippen molar-refractivity contribution in [3.63, 3.8) is 0 Å². The molecule has 0 aromatic rings. The standard InChI is InChI=1S/C17H34N4O3S.HI/c1-16(2)13-21(17(16,3)4)15(18-5)19-9-11-25(22,23)20-12-14-8-6-7-10-24-14;/h14,20H,6-13H2,1-5H3,(H,18,19);1H. The van der Waals surface area contributed by atoms with Gasteiger partial charge >= 0.3 is 0 Å². The molecule has 2 fully saturated rings. The van der Waals surface area contributed by atoms with E-state index in [9.17, 15) is 8.42 Å². The summed E-state index contributed by atoms with van der Waals surface area (Å²) in [4.78, 5) is 6.50. The topological polar surface area (TPSA) is 83.0 Å². The lowest BCUT2D eigenvalue weighted by atomic mass is 9.65. The monoisotopic (exact) mass is 502 g/mol. The smallest absolute Gasteiger partial charge is 0.213 e. The fraction of sp³-hybridized carbons (Fsp3) is 0.941. The second-order valence-corrected chi connectivity index (χ2v) is 10.1. The Morgan fingerprint density at radius 1 is 1.27 bits per heavy atom. The van der Waals surface area contributed by atoms with Gasteiger partial charge in [-0.3, -0.25) is 4.99 Å². The zero-order chi connectivity index (χ0) is 18.7.